The molecule has 2 aromatic heterocycles. The molecule has 5 nitrogen and oxygen atoms in total. The first-order chi connectivity index (χ1) is 8.66. The van der Waals surface area contributed by atoms with Gasteiger partial charge in [0.05, 0.1) is 12.3 Å². The highest BCUT2D eigenvalue weighted by atomic mass is 16.5. The largest absolute Gasteiger partial charge is 0.489 e. The number of aliphatic hydroxyl groups excluding tert-OH is 1. The first-order valence-electron chi connectivity index (χ1n) is 5.71. The second-order valence-corrected chi connectivity index (χ2v) is 4.19. The molecule has 1 atom stereocenters. The molecule has 18 heavy (non-hydrogen) atoms. The van der Waals surface area contributed by atoms with Gasteiger partial charge in [-0.3, -0.25) is 4.98 Å². The second kappa shape index (κ2) is 5.55. The summed E-state index contributed by atoms with van der Waals surface area (Å²) in [6.45, 7) is 3.88. The smallest absolute Gasteiger partial charge is 0.138 e. The lowest BCUT2D eigenvalue weighted by Crippen LogP contribution is -2.07. The molecule has 1 unspecified atom stereocenters. The first-order valence-corrected chi connectivity index (χ1v) is 5.71. The second-order valence-electron chi connectivity index (χ2n) is 4.19. The van der Waals surface area contributed by atoms with Gasteiger partial charge in [0.25, 0.3) is 0 Å². The number of rotatable bonds is 4. The normalized spacial score (nSPS) is 12.4. The van der Waals surface area contributed by atoms with Crippen molar-refractivity contribution in [3.63, 3.8) is 0 Å². The Morgan fingerprint density at radius 1 is 1.00 bits per heavy atom. The number of nitrogens with zero attached hydrogens (tertiary/aromatic N) is 3. The van der Waals surface area contributed by atoms with Crippen molar-refractivity contribution in [1.82, 2.24) is 15.0 Å². The molecule has 94 valence electrons. The third-order valence-corrected chi connectivity index (χ3v) is 2.32. The molecule has 0 spiro atoms. The lowest BCUT2D eigenvalue weighted by Gasteiger charge is -2.13. The Morgan fingerprint density at radius 2 is 1.67 bits per heavy atom. The minimum absolute atomic E-state index is 0.0688. The van der Waals surface area contributed by atoms with Crippen molar-refractivity contribution in [3.05, 3.63) is 48.3 Å². The zero-order valence-corrected chi connectivity index (χ0v) is 10.3. The quantitative estimate of drug-likeness (QED) is 0.888. The van der Waals surface area contributed by atoms with Gasteiger partial charge in [-0.15, -0.1) is 0 Å². The van der Waals surface area contributed by atoms with E-state index in [1.54, 1.807) is 30.9 Å². The van der Waals surface area contributed by atoms with Crippen LogP contribution < -0.4 is 4.74 Å². The molecule has 0 aliphatic carbocycles. The Labute approximate surface area is 106 Å². The number of aromatic nitrogens is 3. The van der Waals surface area contributed by atoms with Gasteiger partial charge in [-0.2, -0.15) is 0 Å². The van der Waals surface area contributed by atoms with E-state index in [-0.39, 0.29) is 6.10 Å². The predicted octanol–water partition coefficient (Wildman–Crippen LogP) is 1.74. The van der Waals surface area contributed by atoms with Crippen LogP contribution in [-0.2, 0) is 0 Å². The van der Waals surface area contributed by atoms with Gasteiger partial charge in [0.2, 0.25) is 0 Å². The van der Waals surface area contributed by atoms with E-state index in [9.17, 15) is 5.11 Å². The maximum absolute atomic E-state index is 10.2. The fourth-order valence-corrected chi connectivity index (χ4v) is 1.57. The van der Waals surface area contributed by atoms with E-state index < -0.39 is 6.10 Å². The molecule has 0 aliphatic rings. The molecule has 1 N–H and O–H groups in total. The molecule has 2 aromatic rings. The summed E-state index contributed by atoms with van der Waals surface area (Å²) >= 11 is 0. The molecule has 0 aromatic carbocycles. The molecule has 0 bridgehead atoms. The van der Waals surface area contributed by atoms with Gasteiger partial charge < -0.3 is 9.84 Å². The third-order valence-electron chi connectivity index (χ3n) is 2.32. The monoisotopic (exact) mass is 245 g/mol. The van der Waals surface area contributed by atoms with E-state index >= 15 is 0 Å². The molecular formula is C13H15N3O2. The zero-order chi connectivity index (χ0) is 13.0. The van der Waals surface area contributed by atoms with E-state index in [4.69, 9.17) is 4.74 Å². The van der Waals surface area contributed by atoms with Crippen molar-refractivity contribution >= 4 is 0 Å². The number of aliphatic hydroxyl groups is 1. The molecule has 0 aliphatic heterocycles. The number of hydrogen-bond donors (Lipinski definition) is 1. The zero-order valence-electron chi connectivity index (χ0n) is 10.3. The van der Waals surface area contributed by atoms with E-state index in [0.717, 1.165) is 0 Å². The van der Waals surface area contributed by atoms with Crippen LogP contribution in [0.25, 0.3) is 0 Å². The Hall–Kier alpha value is -2.01. The predicted molar refractivity (Wildman–Crippen MR) is 66.1 cm³/mol. The number of hydrogen-bond acceptors (Lipinski definition) is 5. The van der Waals surface area contributed by atoms with Crippen molar-refractivity contribution in [1.29, 1.82) is 0 Å². The highest BCUT2D eigenvalue weighted by molar-refractivity contribution is 5.30. The maximum atomic E-state index is 10.2. The summed E-state index contributed by atoms with van der Waals surface area (Å²) in [5.41, 5.74) is 1.28. The van der Waals surface area contributed by atoms with Crippen LogP contribution in [0.2, 0.25) is 0 Å². The van der Waals surface area contributed by atoms with Gasteiger partial charge >= 0.3 is 0 Å². The van der Waals surface area contributed by atoms with Crippen LogP contribution in [0.4, 0.5) is 0 Å². The summed E-state index contributed by atoms with van der Waals surface area (Å²) in [6, 6.07) is 1.77. The van der Waals surface area contributed by atoms with Crippen LogP contribution >= 0.6 is 0 Å². The highest BCUT2D eigenvalue weighted by Gasteiger charge is 2.12. The number of ether oxygens (including phenoxy) is 1. The Kier molecular flexibility index (Phi) is 3.84. The molecule has 0 amide bonds. The summed E-state index contributed by atoms with van der Waals surface area (Å²) in [7, 11) is 0. The summed E-state index contributed by atoms with van der Waals surface area (Å²) in [5.74, 6) is 0.637. The Morgan fingerprint density at radius 3 is 2.33 bits per heavy atom. The van der Waals surface area contributed by atoms with Crippen LogP contribution in [0.5, 0.6) is 5.75 Å². The molecule has 2 rings (SSSR count). The maximum Gasteiger partial charge on any atom is 0.138 e. The molecule has 0 fully saturated rings. The van der Waals surface area contributed by atoms with E-state index in [1.165, 1.54) is 6.33 Å². The lowest BCUT2D eigenvalue weighted by molar-refractivity contribution is 0.215. The van der Waals surface area contributed by atoms with Gasteiger partial charge in [0, 0.05) is 29.7 Å². The van der Waals surface area contributed by atoms with Crippen LogP contribution in [0.1, 0.15) is 31.1 Å². The van der Waals surface area contributed by atoms with Gasteiger partial charge in [-0.05, 0) is 19.9 Å². The molecule has 0 saturated carbocycles. The molecule has 2 heterocycles. The van der Waals surface area contributed by atoms with Gasteiger partial charge in [-0.25, -0.2) is 9.97 Å². The van der Waals surface area contributed by atoms with Crippen molar-refractivity contribution in [2.24, 2.45) is 0 Å². The summed E-state index contributed by atoms with van der Waals surface area (Å²) in [6.07, 6.45) is 7.07. The SMILES string of the molecule is CC(C)Oc1cncc(C(O)c2cncnc2)c1. The number of pyridine rings is 1. The minimum Gasteiger partial charge on any atom is -0.489 e. The van der Waals surface area contributed by atoms with Crippen LogP contribution in [0.3, 0.4) is 0 Å². The van der Waals surface area contributed by atoms with Crippen molar-refractivity contribution in [2.45, 2.75) is 26.1 Å². The molecular weight excluding hydrogens is 230 g/mol. The average molecular weight is 245 g/mol. The Bertz CT molecular complexity index is 503. The van der Waals surface area contributed by atoms with Gasteiger partial charge in [0.15, 0.2) is 0 Å². The lowest BCUT2D eigenvalue weighted by atomic mass is 10.1. The fraction of sp³-hybridized carbons (Fsp3) is 0.308. The van der Waals surface area contributed by atoms with E-state index in [2.05, 4.69) is 15.0 Å². The standard InChI is InChI=1S/C13H15N3O2/c1-9(2)18-12-3-10(4-14-7-12)13(17)11-5-15-8-16-6-11/h3-9,13,17H,1-2H3. The highest BCUT2D eigenvalue weighted by Crippen LogP contribution is 2.23. The average Bonchev–Trinajstić information content (AvgIpc) is 2.38. The van der Waals surface area contributed by atoms with Crippen molar-refractivity contribution in [2.75, 3.05) is 0 Å². The molecule has 0 saturated heterocycles. The van der Waals surface area contributed by atoms with E-state index in [0.29, 0.717) is 16.9 Å². The van der Waals surface area contributed by atoms with Crippen molar-refractivity contribution < 1.29 is 9.84 Å². The summed E-state index contributed by atoms with van der Waals surface area (Å²) in [5, 5.41) is 10.2. The minimum atomic E-state index is -0.797. The fourth-order valence-electron chi connectivity index (χ4n) is 1.57. The Balaban J connectivity index is 2.23. The topological polar surface area (TPSA) is 68.1 Å². The third kappa shape index (κ3) is 3.01. The summed E-state index contributed by atoms with van der Waals surface area (Å²) < 4.78 is 5.54. The van der Waals surface area contributed by atoms with Crippen LogP contribution in [0, 0.1) is 0 Å². The van der Waals surface area contributed by atoms with Crippen LogP contribution in [-0.4, -0.2) is 26.2 Å². The first kappa shape index (κ1) is 12.4. The van der Waals surface area contributed by atoms with Gasteiger partial charge in [-0.1, -0.05) is 0 Å². The van der Waals surface area contributed by atoms with E-state index in [1.807, 2.05) is 13.8 Å². The molecule has 0 radical (unpaired) electrons. The molecule has 5 heteroatoms. The van der Waals surface area contributed by atoms with Gasteiger partial charge in [0.1, 0.15) is 18.2 Å². The van der Waals surface area contributed by atoms with Crippen LogP contribution in [0.15, 0.2) is 37.2 Å². The van der Waals surface area contributed by atoms with Crippen molar-refractivity contribution in [3.8, 4) is 5.75 Å². The summed E-state index contributed by atoms with van der Waals surface area (Å²) in [4.78, 5) is 11.8.